The Morgan fingerprint density at radius 1 is 0.794 bits per heavy atom. The van der Waals surface area contributed by atoms with Gasteiger partial charge in [-0.1, -0.05) is 61.5 Å². The summed E-state index contributed by atoms with van der Waals surface area (Å²) < 4.78 is 0. The van der Waals surface area contributed by atoms with E-state index in [9.17, 15) is 28.8 Å². The molecule has 0 spiro atoms. The molecule has 18 heteroatoms. The molecule has 68 heavy (non-hydrogen) atoms. The molecule has 2 aromatic heterocycles. The quantitative estimate of drug-likeness (QED) is 0.0290. The van der Waals surface area contributed by atoms with Crippen molar-refractivity contribution in [2.45, 2.75) is 58.4 Å². The van der Waals surface area contributed by atoms with Crippen LogP contribution in [0.15, 0.2) is 90.3 Å². The molecule has 2 heterocycles. The van der Waals surface area contributed by atoms with E-state index < -0.39 is 11.8 Å². The lowest BCUT2D eigenvalue weighted by molar-refractivity contribution is -0.143. The van der Waals surface area contributed by atoms with Crippen molar-refractivity contribution >= 4 is 69.5 Å². The topological polar surface area (TPSA) is 233 Å². The molecule has 5 amide bonds. The molecule has 5 rings (SSSR count). The maximum Gasteiger partial charge on any atom is 0.242 e. The number of thioether (sulfide) groups is 1. The van der Waals surface area contributed by atoms with Crippen LogP contribution in [0.3, 0.4) is 0 Å². The molecule has 0 unspecified atom stereocenters. The van der Waals surface area contributed by atoms with Crippen molar-refractivity contribution in [3.8, 4) is 0 Å². The monoisotopic (exact) mass is 949 g/mol. The number of aliphatic imine (C=N–C) groups is 1. The fourth-order valence-corrected chi connectivity index (χ4v) is 8.33. The van der Waals surface area contributed by atoms with Crippen molar-refractivity contribution in [1.82, 2.24) is 40.2 Å². The number of hydrogen-bond acceptors (Lipinski definition) is 10. The highest BCUT2D eigenvalue weighted by Crippen LogP contribution is 2.29. The molecule has 0 fully saturated rings. The Bertz CT molecular complexity index is 2370. The van der Waals surface area contributed by atoms with Gasteiger partial charge in [-0.2, -0.15) is 11.8 Å². The van der Waals surface area contributed by atoms with Crippen LogP contribution in [0.1, 0.15) is 61.3 Å². The van der Waals surface area contributed by atoms with Gasteiger partial charge in [-0.25, -0.2) is 0 Å². The van der Waals surface area contributed by atoms with Gasteiger partial charge in [0.15, 0.2) is 11.7 Å². The highest BCUT2D eigenvalue weighted by atomic mass is 32.2. The van der Waals surface area contributed by atoms with Crippen molar-refractivity contribution in [2.24, 2.45) is 16.5 Å². The second-order valence-electron chi connectivity index (χ2n) is 16.7. The van der Waals surface area contributed by atoms with Gasteiger partial charge < -0.3 is 46.7 Å². The summed E-state index contributed by atoms with van der Waals surface area (Å²) in [6, 6.07) is 19.7. The molecule has 4 aromatic rings. The van der Waals surface area contributed by atoms with E-state index >= 15 is 0 Å². The fraction of sp³-hybridized carbons (Fsp3) is 0.440. The molecular weight excluding hydrogens is 883 g/mol. The number of H-pyrrole nitrogens is 1. The Labute approximate surface area is 403 Å². The first-order valence-corrected chi connectivity index (χ1v) is 24.7. The molecule has 17 nitrogen and oxygen atoms in total. The SMILES string of the molecule is CCCN(CC(=O)NCCSC)C(=O)CN(CCc1c[nH]c2ccccc12)C(=O)CCC(=O)CN(CCCN=C(N)N)C(=O)CN(CCC1=CCc2ccccc21)C(=O)CNCc1cccnc1. The van der Waals surface area contributed by atoms with Gasteiger partial charge in [0.25, 0.3) is 0 Å². The molecule has 2 aromatic carbocycles. The van der Waals surface area contributed by atoms with Crippen LogP contribution in [-0.2, 0) is 48.2 Å². The molecule has 1 aliphatic carbocycles. The molecule has 1 aliphatic rings. The summed E-state index contributed by atoms with van der Waals surface area (Å²) in [4.78, 5) is 99.8. The minimum Gasteiger partial charge on any atom is -0.370 e. The van der Waals surface area contributed by atoms with Crippen LogP contribution < -0.4 is 22.1 Å². The molecular formula is C50H67N11O6S. The number of rotatable bonds is 30. The summed E-state index contributed by atoms with van der Waals surface area (Å²) in [5.74, 6) is -1.49. The Balaban J connectivity index is 1.27. The number of fused-ring (bicyclic) bond motifs is 2. The number of pyridine rings is 1. The molecule has 7 N–H and O–H groups in total. The molecule has 364 valence electrons. The Hall–Kier alpha value is -6.53. The minimum atomic E-state index is -0.435. The van der Waals surface area contributed by atoms with Gasteiger partial charge in [0, 0.05) is 93.9 Å². The van der Waals surface area contributed by atoms with Gasteiger partial charge in [-0.3, -0.25) is 38.7 Å². The predicted octanol–water partition coefficient (Wildman–Crippen LogP) is 3.14. The number of nitrogens with zero attached hydrogens (tertiary/aromatic N) is 6. The van der Waals surface area contributed by atoms with Gasteiger partial charge in [-0.15, -0.1) is 0 Å². The number of aromatic nitrogens is 2. The van der Waals surface area contributed by atoms with E-state index in [1.165, 1.54) is 25.2 Å². The van der Waals surface area contributed by atoms with Crippen LogP contribution in [0.4, 0.5) is 0 Å². The summed E-state index contributed by atoms with van der Waals surface area (Å²) in [7, 11) is 0. The van der Waals surface area contributed by atoms with Gasteiger partial charge in [0.05, 0.1) is 32.7 Å². The first-order chi connectivity index (χ1) is 32.9. The van der Waals surface area contributed by atoms with Crippen molar-refractivity contribution < 1.29 is 28.8 Å². The number of ketones is 1. The Morgan fingerprint density at radius 3 is 2.26 bits per heavy atom. The van der Waals surface area contributed by atoms with Gasteiger partial charge in [-0.05, 0) is 78.3 Å². The average Bonchev–Trinajstić information content (AvgIpc) is 3.95. The lowest BCUT2D eigenvalue weighted by atomic mass is 10.0. The number of guanidine groups is 1. The molecule has 0 saturated carbocycles. The lowest BCUT2D eigenvalue weighted by Gasteiger charge is -2.28. The van der Waals surface area contributed by atoms with E-state index in [1.54, 1.807) is 24.2 Å². The molecule has 0 atom stereocenters. The number of Topliss-reactive ketones (excluding diaryl/α,β-unsaturated/α-hetero) is 1. The Morgan fingerprint density at radius 2 is 1.51 bits per heavy atom. The number of benzene rings is 2. The largest absolute Gasteiger partial charge is 0.370 e. The van der Waals surface area contributed by atoms with E-state index in [4.69, 9.17) is 11.5 Å². The van der Waals surface area contributed by atoms with Crippen LogP contribution in [0, 0.1) is 0 Å². The first kappa shape index (κ1) is 52.4. The summed E-state index contributed by atoms with van der Waals surface area (Å²) in [5, 5.41) is 7.02. The molecule has 0 bridgehead atoms. The third-order valence-corrected chi connectivity index (χ3v) is 12.2. The van der Waals surface area contributed by atoms with Crippen molar-refractivity contribution in [3.63, 3.8) is 0 Å². The number of allylic oxidation sites excluding steroid dienone is 1. The van der Waals surface area contributed by atoms with Gasteiger partial charge >= 0.3 is 0 Å². The van der Waals surface area contributed by atoms with Crippen LogP contribution in [0.25, 0.3) is 16.5 Å². The van der Waals surface area contributed by atoms with Crippen LogP contribution in [-0.4, -0.2) is 155 Å². The number of para-hydroxylation sites is 1. The zero-order valence-electron chi connectivity index (χ0n) is 39.4. The average molecular weight is 950 g/mol. The van der Waals surface area contributed by atoms with Crippen molar-refractivity contribution in [3.05, 3.63) is 108 Å². The number of nitrogens with two attached hydrogens (primary N) is 2. The minimum absolute atomic E-state index is 0.0236. The number of nitrogens with one attached hydrogen (secondary N) is 3. The van der Waals surface area contributed by atoms with Crippen molar-refractivity contribution in [2.75, 3.05) is 84.0 Å². The molecule has 0 saturated heterocycles. The predicted molar refractivity (Wildman–Crippen MR) is 268 cm³/mol. The summed E-state index contributed by atoms with van der Waals surface area (Å²) in [6.45, 7) is 2.93. The number of aromatic amines is 1. The number of hydrogen-bond donors (Lipinski definition) is 5. The standard InChI is InChI=1S/C50H67N11O6S/c1-3-24-58(34-45(63)55-23-28-68-2)48(66)35-60(27-20-40-31-57-44-14-7-6-13-43(40)44)46(64)18-17-41(62)33-59(25-9-22-56-50(51)52)49(67)36-61(47(65)32-54-30-37-10-8-21-53-29-37)26-19-39-16-15-38-11-4-5-12-42(38)39/h4-8,10-14,16,21,29,31,54,57H,3,9,15,17-20,22-28,30,32-36H2,1-2H3,(H,55,63)(H4,51,52,56). The number of carbonyl (C=O) groups excluding carboxylic acids is 6. The van der Waals surface area contributed by atoms with Gasteiger partial charge in [0.2, 0.25) is 29.5 Å². The van der Waals surface area contributed by atoms with Crippen molar-refractivity contribution in [1.29, 1.82) is 0 Å². The summed E-state index contributed by atoms with van der Waals surface area (Å²) >= 11 is 1.60. The van der Waals surface area contributed by atoms with Gasteiger partial charge in [0.1, 0.15) is 0 Å². The summed E-state index contributed by atoms with van der Waals surface area (Å²) in [5.41, 5.74) is 17.4. The zero-order valence-corrected chi connectivity index (χ0v) is 40.2. The Kier molecular flexibility index (Phi) is 21.6. The van der Waals surface area contributed by atoms with E-state index in [0.717, 1.165) is 45.3 Å². The lowest BCUT2D eigenvalue weighted by Crippen LogP contribution is -2.48. The maximum atomic E-state index is 14.2. The van der Waals surface area contributed by atoms with Crippen LogP contribution >= 0.6 is 11.8 Å². The highest BCUT2D eigenvalue weighted by molar-refractivity contribution is 7.98. The maximum absolute atomic E-state index is 14.2. The smallest absolute Gasteiger partial charge is 0.242 e. The zero-order chi connectivity index (χ0) is 48.7. The molecule has 0 aliphatic heterocycles. The van der Waals surface area contributed by atoms with E-state index in [0.29, 0.717) is 45.3 Å². The first-order valence-electron chi connectivity index (χ1n) is 23.3. The third-order valence-electron chi connectivity index (χ3n) is 11.6. The molecule has 0 radical (unpaired) electrons. The van der Waals surface area contributed by atoms with Crippen LogP contribution in [0.2, 0.25) is 0 Å². The number of carbonyl (C=O) groups is 6. The highest BCUT2D eigenvalue weighted by Gasteiger charge is 2.27. The second-order valence-corrected chi connectivity index (χ2v) is 17.7. The second kappa shape index (κ2) is 28.0. The number of amides is 5. The fourth-order valence-electron chi connectivity index (χ4n) is 8.02. The van der Waals surface area contributed by atoms with E-state index in [-0.39, 0.29) is 101 Å². The van der Waals surface area contributed by atoms with E-state index in [2.05, 4.69) is 43.8 Å². The summed E-state index contributed by atoms with van der Waals surface area (Å²) in [6.07, 6.45) is 11.7. The third kappa shape index (κ3) is 17.0. The van der Waals surface area contributed by atoms with Crippen LogP contribution in [0.5, 0.6) is 0 Å². The normalized spacial score (nSPS) is 11.6. The van der Waals surface area contributed by atoms with E-state index in [1.807, 2.05) is 67.9 Å².